The molecule has 1 aromatic carbocycles. The molecule has 0 radical (unpaired) electrons. The summed E-state index contributed by atoms with van der Waals surface area (Å²) in [6.45, 7) is 1.36. The number of hydrogen-bond donors (Lipinski definition) is 3. The average Bonchev–Trinajstić information content (AvgIpc) is 2.37. The van der Waals surface area contributed by atoms with Crippen LogP contribution >= 0.6 is 0 Å². The number of nitrogens with one attached hydrogen (secondary N) is 2. The van der Waals surface area contributed by atoms with Crippen LogP contribution in [0.3, 0.4) is 0 Å². The molecular weight excluding hydrogens is 258 g/mol. The van der Waals surface area contributed by atoms with Gasteiger partial charge in [-0.2, -0.15) is 0 Å². The number of carbonyl (C=O) groups is 3. The molecule has 0 aliphatic carbocycles. The number of anilines is 1. The van der Waals surface area contributed by atoms with Gasteiger partial charge in [-0.25, -0.2) is 0 Å². The van der Waals surface area contributed by atoms with Crippen LogP contribution in [0.2, 0.25) is 0 Å². The molecule has 1 atom stereocenters. The molecular formula is C14H15N3O3. The highest BCUT2D eigenvalue weighted by Gasteiger charge is 2.17. The van der Waals surface area contributed by atoms with Gasteiger partial charge in [0.2, 0.25) is 11.8 Å². The second-order valence-corrected chi connectivity index (χ2v) is 4.10. The molecule has 0 saturated carbocycles. The van der Waals surface area contributed by atoms with Crippen molar-refractivity contribution in [3.8, 4) is 12.3 Å². The van der Waals surface area contributed by atoms with E-state index < -0.39 is 17.9 Å². The minimum absolute atomic E-state index is 0.0203. The van der Waals surface area contributed by atoms with Crippen LogP contribution < -0.4 is 16.4 Å². The second kappa shape index (κ2) is 6.95. The van der Waals surface area contributed by atoms with E-state index in [9.17, 15) is 14.4 Å². The monoisotopic (exact) mass is 273 g/mol. The summed E-state index contributed by atoms with van der Waals surface area (Å²) < 4.78 is 0. The second-order valence-electron chi connectivity index (χ2n) is 4.10. The number of nitrogens with two attached hydrogens (primary N) is 1. The van der Waals surface area contributed by atoms with Crippen LogP contribution in [0.1, 0.15) is 23.7 Å². The van der Waals surface area contributed by atoms with E-state index >= 15 is 0 Å². The van der Waals surface area contributed by atoms with Crippen molar-refractivity contribution >= 4 is 23.4 Å². The molecule has 6 heteroatoms. The maximum absolute atomic E-state index is 12.0. The first-order valence-electron chi connectivity index (χ1n) is 5.85. The zero-order chi connectivity index (χ0) is 15.1. The van der Waals surface area contributed by atoms with Crippen LogP contribution in [-0.2, 0) is 9.59 Å². The highest BCUT2D eigenvalue weighted by molar-refractivity contribution is 5.99. The highest BCUT2D eigenvalue weighted by atomic mass is 16.2. The van der Waals surface area contributed by atoms with Crippen molar-refractivity contribution in [3.05, 3.63) is 29.8 Å². The first-order chi connectivity index (χ1) is 9.43. The van der Waals surface area contributed by atoms with Crippen molar-refractivity contribution in [1.29, 1.82) is 0 Å². The number of hydrogen-bond acceptors (Lipinski definition) is 3. The number of terminal acetylenes is 1. The van der Waals surface area contributed by atoms with Gasteiger partial charge in [-0.1, -0.05) is 6.07 Å². The van der Waals surface area contributed by atoms with Crippen molar-refractivity contribution in [1.82, 2.24) is 5.32 Å². The van der Waals surface area contributed by atoms with E-state index in [1.54, 1.807) is 18.2 Å². The van der Waals surface area contributed by atoms with Gasteiger partial charge in [0, 0.05) is 24.6 Å². The molecule has 0 saturated heterocycles. The lowest BCUT2D eigenvalue weighted by molar-refractivity contribution is -0.119. The Morgan fingerprint density at radius 2 is 2.10 bits per heavy atom. The third-order valence-corrected chi connectivity index (χ3v) is 2.42. The van der Waals surface area contributed by atoms with Gasteiger partial charge in [0.15, 0.2) is 0 Å². The normalized spacial score (nSPS) is 11.0. The zero-order valence-electron chi connectivity index (χ0n) is 11.0. The number of rotatable bonds is 5. The Morgan fingerprint density at radius 3 is 2.65 bits per heavy atom. The number of amides is 3. The van der Waals surface area contributed by atoms with Gasteiger partial charge in [-0.15, -0.1) is 12.3 Å². The van der Waals surface area contributed by atoms with Gasteiger partial charge >= 0.3 is 0 Å². The average molecular weight is 273 g/mol. The summed E-state index contributed by atoms with van der Waals surface area (Å²) in [4.78, 5) is 34.0. The lowest BCUT2D eigenvalue weighted by Gasteiger charge is -2.13. The van der Waals surface area contributed by atoms with E-state index in [1.807, 2.05) is 0 Å². The topological polar surface area (TPSA) is 101 Å². The molecule has 0 fully saturated rings. The minimum Gasteiger partial charge on any atom is -0.368 e. The summed E-state index contributed by atoms with van der Waals surface area (Å²) in [6, 6.07) is 5.38. The Morgan fingerprint density at radius 1 is 1.40 bits per heavy atom. The van der Waals surface area contributed by atoms with Gasteiger partial charge < -0.3 is 16.4 Å². The van der Waals surface area contributed by atoms with E-state index in [4.69, 9.17) is 12.2 Å². The summed E-state index contributed by atoms with van der Waals surface area (Å²) in [5.41, 5.74) is 5.91. The fraction of sp³-hybridized carbons (Fsp3) is 0.214. The third-order valence-electron chi connectivity index (χ3n) is 2.42. The van der Waals surface area contributed by atoms with Crippen LogP contribution in [0.5, 0.6) is 0 Å². The SMILES string of the molecule is C#CC[C@@H](NC(=O)c1cccc(NC(C)=O)c1)C(N)=O. The maximum atomic E-state index is 12.0. The molecule has 0 aliphatic rings. The Kier molecular flexibility index (Phi) is 5.30. The van der Waals surface area contributed by atoms with Crippen molar-refractivity contribution in [3.63, 3.8) is 0 Å². The van der Waals surface area contributed by atoms with Crippen LogP contribution in [0.4, 0.5) is 5.69 Å². The van der Waals surface area contributed by atoms with Gasteiger partial charge in [0.05, 0.1) is 0 Å². The summed E-state index contributed by atoms with van der Waals surface area (Å²) in [5, 5.41) is 5.00. The first-order valence-corrected chi connectivity index (χ1v) is 5.85. The molecule has 0 bridgehead atoms. The molecule has 0 unspecified atom stereocenters. The maximum Gasteiger partial charge on any atom is 0.252 e. The third kappa shape index (κ3) is 4.46. The Balaban J connectivity index is 2.84. The summed E-state index contributed by atoms with van der Waals surface area (Å²) in [7, 11) is 0. The van der Waals surface area contributed by atoms with Crippen molar-refractivity contribution in [2.45, 2.75) is 19.4 Å². The first kappa shape index (κ1) is 15.2. The lowest BCUT2D eigenvalue weighted by atomic mass is 10.1. The molecule has 1 aromatic rings. The van der Waals surface area contributed by atoms with E-state index in [-0.39, 0.29) is 12.3 Å². The van der Waals surface area contributed by atoms with Crippen LogP contribution in [0.25, 0.3) is 0 Å². The van der Waals surface area contributed by atoms with Crippen LogP contribution in [0.15, 0.2) is 24.3 Å². The molecule has 0 heterocycles. The highest BCUT2D eigenvalue weighted by Crippen LogP contribution is 2.11. The predicted octanol–water partition coefficient (Wildman–Crippen LogP) is 0.252. The molecule has 6 nitrogen and oxygen atoms in total. The van der Waals surface area contributed by atoms with Crippen LogP contribution in [0, 0.1) is 12.3 Å². The fourth-order valence-corrected chi connectivity index (χ4v) is 1.52. The molecule has 20 heavy (non-hydrogen) atoms. The predicted molar refractivity (Wildman–Crippen MR) is 74.6 cm³/mol. The van der Waals surface area contributed by atoms with Crippen molar-refractivity contribution in [2.24, 2.45) is 5.73 Å². The summed E-state index contributed by atoms with van der Waals surface area (Å²) in [5.74, 6) is 0.836. The Bertz CT molecular complexity index is 575. The molecule has 104 valence electrons. The van der Waals surface area contributed by atoms with Crippen molar-refractivity contribution in [2.75, 3.05) is 5.32 Å². The molecule has 0 aliphatic heterocycles. The number of primary amides is 1. The number of benzene rings is 1. The van der Waals surface area contributed by atoms with Gasteiger partial charge in [0.25, 0.3) is 5.91 Å². The van der Waals surface area contributed by atoms with E-state index in [0.29, 0.717) is 11.3 Å². The van der Waals surface area contributed by atoms with Crippen LogP contribution in [-0.4, -0.2) is 23.8 Å². The van der Waals surface area contributed by atoms with Crippen molar-refractivity contribution < 1.29 is 14.4 Å². The molecule has 0 aromatic heterocycles. The quantitative estimate of drug-likeness (QED) is 0.670. The fourth-order valence-electron chi connectivity index (χ4n) is 1.52. The smallest absolute Gasteiger partial charge is 0.252 e. The molecule has 4 N–H and O–H groups in total. The zero-order valence-corrected chi connectivity index (χ0v) is 11.0. The Labute approximate surface area is 116 Å². The van der Waals surface area contributed by atoms with E-state index in [1.165, 1.54) is 13.0 Å². The van der Waals surface area contributed by atoms with Gasteiger partial charge in [0.1, 0.15) is 6.04 Å². The summed E-state index contributed by atoms with van der Waals surface area (Å²) in [6.07, 6.45) is 5.12. The number of carbonyl (C=O) groups excluding carboxylic acids is 3. The lowest BCUT2D eigenvalue weighted by Crippen LogP contribution is -2.44. The summed E-state index contributed by atoms with van der Waals surface area (Å²) >= 11 is 0. The molecule has 3 amide bonds. The largest absolute Gasteiger partial charge is 0.368 e. The molecule has 1 rings (SSSR count). The van der Waals surface area contributed by atoms with Gasteiger partial charge in [-0.05, 0) is 18.2 Å². The van der Waals surface area contributed by atoms with E-state index in [0.717, 1.165) is 0 Å². The van der Waals surface area contributed by atoms with E-state index in [2.05, 4.69) is 16.6 Å². The minimum atomic E-state index is -0.920. The standard InChI is InChI=1S/C14H15N3O3/c1-3-5-12(13(15)19)17-14(20)10-6-4-7-11(8-10)16-9(2)18/h1,4,6-8,12H,5H2,2H3,(H2,15,19)(H,16,18)(H,17,20)/t12-/m1/s1. The van der Waals surface area contributed by atoms with Gasteiger partial charge in [-0.3, -0.25) is 14.4 Å². The Hall–Kier alpha value is -2.81. The molecule has 0 spiro atoms.